The van der Waals surface area contributed by atoms with Gasteiger partial charge in [0.2, 0.25) is 0 Å². The van der Waals surface area contributed by atoms with E-state index in [1.165, 1.54) is 5.56 Å². The maximum atomic E-state index is 5.63. The first-order valence-corrected chi connectivity index (χ1v) is 6.61. The van der Waals surface area contributed by atoms with Gasteiger partial charge in [-0.2, -0.15) is 0 Å². The number of rotatable bonds is 4. The average molecular weight is 267 g/mol. The van der Waals surface area contributed by atoms with E-state index in [1.807, 2.05) is 43.6 Å². The summed E-state index contributed by atoms with van der Waals surface area (Å²) in [7, 11) is 3.63. The van der Waals surface area contributed by atoms with E-state index >= 15 is 0 Å². The quantitative estimate of drug-likeness (QED) is 0.781. The van der Waals surface area contributed by atoms with Crippen LogP contribution in [-0.4, -0.2) is 14.2 Å². The molecule has 0 radical (unpaired) electrons. The van der Waals surface area contributed by atoms with E-state index in [2.05, 4.69) is 23.5 Å². The minimum absolute atomic E-state index is 0.101. The largest absolute Gasteiger partial charge is 0.497 e. The van der Waals surface area contributed by atoms with Crippen LogP contribution in [0, 0.1) is 0 Å². The standard InChI is InChI=1S/C17H17NO2/c1-18-17(12-7-9-13(19-2)10-8-12)15-11-20-16-6-4-3-5-14(15)16/h3-11,17-18H,1-2H3. The van der Waals surface area contributed by atoms with Crippen molar-refractivity contribution < 1.29 is 9.15 Å². The number of para-hydroxylation sites is 1. The number of hydrogen-bond acceptors (Lipinski definition) is 3. The van der Waals surface area contributed by atoms with Crippen molar-refractivity contribution in [2.45, 2.75) is 6.04 Å². The number of hydrogen-bond donors (Lipinski definition) is 1. The third-order valence-corrected chi connectivity index (χ3v) is 3.56. The van der Waals surface area contributed by atoms with Crippen LogP contribution in [0.15, 0.2) is 59.2 Å². The normalized spacial score (nSPS) is 12.5. The molecular formula is C17H17NO2. The topological polar surface area (TPSA) is 34.4 Å². The Morgan fingerprint density at radius 2 is 1.80 bits per heavy atom. The van der Waals surface area contributed by atoms with E-state index in [-0.39, 0.29) is 6.04 Å². The molecule has 0 saturated heterocycles. The summed E-state index contributed by atoms with van der Waals surface area (Å²) in [4.78, 5) is 0. The van der Waals surface area contributed by atoms with Crippen LogP contribution in [0.25, 0.3) is 11.0 Å². The fraction of sp³-hybridized carbons (Fsp3) is 0.176. The van der Waals surface area contributed by atoms with Gasteiger partial charge < -0.3 is 14.5 Å². The van der Waals surface area contributed by atoms with E-state index < -0.39 is 0 Å². The summed E-state index contributed by atoms with van der Waals surface area (Å²) in [5.74, 6) is 0.862. The molecule has 1 aromatic heterocycles. The molecule has 1 atom stereocenters. The van der Waals surface area contributed by atoms with Gasteiger partial charge >= 0.3 is 0 Å². The lowest BCUT2D eigenvalue weighted by Crippen LogP contribution is -2.17. The first-order chi connectivity index (χ1) is 9.83. The van der Waals surface area contributed by atoms with Gasteiger partial charge in [-0.1, -0.05) is 30.3 Å². The van der Waals surface area contributed by atoms with Crippen LogP contribution in [0.5, 0.6) is 5.75 Å². The summed E-state index contributed by atoms with van der Waals surface area (Å²) in [6, 6.07) is 16.3. The monoisotopic (exact) mass is 267 g/mol. The number of fused-ring (bicyclic) bond motifs is 1. The van der Waals surface area contributed by atoms with Gasteiger partial charge in [0.1, 0.15) is 11.3 Å². The Morgan fingerprint density at radius 1 is 1.05 bits per heavy atom. The maximum Gasteiger partial charge on any atom is 0.134 e. The van der Waals surface area contributed by atoms with Crippen LogP contribution in [0.4, 0.5) is 0 Å². The van der Waals surface area contributed by atoms with Gasteiger partial charge in [0.05, 0.1) is 19.4 Å². The van der Waals surface area contributed by atoms with Crippen molar-refractivity contribution in [3.63, 3.8) is 0 Å². The predicted octanol–water partition coefficient (Wildman–Crippen LogP) is 3.75. The van der Waals surface area contributed by atoms with Crippen LogP contribution in [-0.2, 0) is 0 Å². The Hall–Kier alpha value is -2.26. The number of furan rings is 1. The van der Waals surface area contributed by atoms with Gasteiger partial charge in [-0.25, -0.2) is 0 Å². The van der Waals surface area contributed by atoms with Crippen LogP contribution < -0.4 is 10.1 Å². The number of benzene rings is 2. The second kappa shape index (κ2) is 5.39. The molecule has 0 saturated carbocycles. The summed E-state index contributed by atoms with van der Waals surface area (Å²) in [6.07, 6.45) is 1.83. The van der Waals surface area contributed by atoms with Crippen molar-refractivity contribution in [2.75, 3.05) is 14.2 Å². The molecule has 3 aromatic rings. The second-order valence-corrected chi connectivity index (χ2v) is 4.68. The van der Waals surface area contributed by atoms with Gasteiger partial charge in [-0.15, -0.1) is 0 Å². The third-order valence-electron chi connectivity index (χ3n) is 3.56. The van der Waals surface area contributed by atoms with E-state index in [4.69, 9.17) is 9.15 Å². The lowest BCUT2D eigenvalue weighted by Gasteiger charge is -2.16. The average Bonchev–Trinajstić information content (AvgIpc) is 2.93. The molecule has 0 aliphatic rings. The van der Waals surface area contributed by atoms with Crippen LogP contribution in [0.1, 0.15) is 17.2 Å². The van der Waals surface area contributed by atoms with Crippen molar-refractivity contribution in [1.82, 2.24) is 5.32 Å². The summed E-state index contributed by atoms with van der Waals surface area (Å²) < 4.78 is 10.8. The first kappa shape index (κ1) is 12.8. The molecule has 102 valence electrons. The highest BCUT2D eigenvalue weighted by Gasteiger charge is 2.17. The molecule has 3 rings (SSSR count). The number of nitrogens with one attached hydrogen (secondary N) is 1. The molecular weight excluding hydrogens is 250 g/mol. The predicted molar refractivity (Wildman–Crippen MR) is 80.1 cm³/mol. The van der Waals surface area contributed by atoms with Crippen LogP contribution in [0.3, 0.4) is 0 Å². The van der Waals surface area contributed by atoms with Gasteiger partial charge in [0.25, 0.3) is 0 Å². The molecule has 3 heteroatoms. The first-order valence-electron chi connectivity index (χ1n) is 6.61. The smallest absolute Gasteiger partial charge is 0.134 e. The molecule has 0 spiro atoms. The van der Waals surface area contributed by atoms with Crippen molar-refractivity contribution in [3.05, 3.63) is 65.9 Å². The fourth-order valence-corrected chi connectivity index (χ4v) is 2.52. The molecule has 0 fully saturated rings. The highest BCUT2D eigenvalue weighted by molar-refractivity contribution is 5.81. The molecule has 2 aromatic carbocycles. The zero-order valence-corrected chi connectivity index (χ0v) is 11.6. The summed E-state index contributed by atoms with van der Waals surface area (Å²) in [5, 5.41) is 4.49. The zero-order valence-electron chi connectivity index (χ0n) is 11.6. The maximum absolute atomic E-state index is 5.63. The van der Waals surface area contributed by atoms with Gasteiger partial charge in [0, 0.05) is 10.9 Å². The van der Waals surface area contributed by atoms with Crippen molar-refractivity contribution in [3.8, 4) is 5.75 Å². The summed E-state index contributed by atoms with van der Waals surface area (Å²) >= 11 is 0. The summed E-state index contributed by atoms with van der Waals surface area (Å²) in [6.45, 7) is 0. The fourth-order valence-electron chi connectivity index (χ4n) is 2.52. The lowest BCUT2D eigenvalue weighted by atomic mass is 9.98. The Kier molecular flexibility index (Phi) is 3.44. The van der Waals surface area contributed by atoms with E-state index in [9.17, 15) is 0 Å². The second-order valence-electron chi connectivity index (χ2n) is 4.68. The molecule has 1 N–H and O–H groups in total. The summed E-state index contributed by atoms with van der Waals surface area (Å²) in [5.41, 5.74) is 3.24. The molecule has 1 heterocycles. The minimum atomic E-state index is 0.101. The Balaban J connectivity index is 2.04. The van der Waals surface area contributed by atoms with E-state index in [0.717, 1.165) is 22.3 Å². The third kappa shape index (κ3) is 2.17. The lowest BCUT2D eigenvalue weighted by molar-refractivity contribution is 0.414. The van der Waals surface area contributed by atoms with Crippen molar-refractivity contribution in [2.24, 2.45) is 0 Å². The van der Waals surface area contributed by atoms with Crippen LogP contribution in [0.2, 0.25) is 0 Å². The molecule has 1 unspecified atom stereocenters. The zero-order chi connectivity index (χ0) is 13.9. The molecule has 0 bridgehead atoms. The Morgan fingerprint density at radius 3 is 2.50 bits per heavy atom. The Labute approximate surface area is 118 Å². The molecule has 0 aliphatic carbocycles. The van der Waals surface area contributed by atoms with E-state index in [0.29, 0.717) is 0 Å². The minimum Gasteiger partial charge on any atom is -0.497 e. The number of methoxy groups -OCH3 is 1. The molecule has 20 heavy (non-hydrogen) atoms. The highest BCUT2D eigenvalue weighted by Crippen LogP contribution is 2.30. The van der Waals surface area contributed by atoms with E-state index in [1.54, 1.807) is 7.11 Å². The number of ether oxygens (including phenoxy) is 1. The van der Waals surface area contributed by atoms with Crippen molar-refractivity contribution in [1.29, 1.82) is 0 Å². The Bertz CT molecular complexity index is 700. The molecule has 0 amide bonds. The van der Waals surface area contributed by atoms with Gasteiger partial charge in [-0.3, -0.25) is 0 Å². The highest BCUT2D eigenvalue weighted by atomic mass is 16.5. The van der Waals surface area contributed by atoms with Gasteiger partial charge in [0.15, 0.2) is 0 Å². The molecule has 0 aliphatic heterocycles. The van der Waals surface area contributed by atoms with Crippen molar-refractivity contribution >= 4 is 11.0 Å². The SMILES string of the molecule is CNC(c1ccc(OC)cc1)c1coc2ccccc12. The van der Waals surface area contributed by atoms with Gasteiger partial charge in [-0.05, 0) is 30.8 Å². The van der Waals surface area contributed by atoms with Crippen LogP contribution >= 0.6 is 0 Å². The molecule has 3 nitrogen and oxygen atoms in total.